The summed E-state index contributed by atoms with van der Waals surface area (Å²) >= 11 is 5.31. The zero-order chi connectivity index (χ0) is 18.5. The van der Waals surface area contributed by atoms with Gasteiger partial charge in [0.25, 0.3) is 5.91 Å². The van der Waals surface area contributed by atoms with Gasteiger partial charge in [0.2, 0.25) is 0 Å². The summed E-state index contributed by atoms with van der Waals surface area (Å²) in [7, 11) is 0. The highest BCUT2D eigenvalue weighted by Crippen LogP contribution is 2.33. The van der Waals surface area contributed by atoms with E-state index in [1.54, 1.807) is 0 Å². The molecule has 0 saturated carbocycles. The van der Waals surface area contributed by atoms with E-state index in [-0.39, 0.29) is 5.91 Å². The number of para-hydroxylation sites is 2. The second kappa shape index (κ2) is 8.01. The molecule has 0 radical (unpaired) electrons. The molecule has 1 aliphatic rings. The molecule has 0 bridgehead atoms. The van der Waals surface area contributed by atoms with Gasteiger partial charge >= 0.3 is 0 Å². The Kier molecular flexibility index (Phi) is 5.53. The standard InChI is InChI=1S/C20H21N3O2S/c1-3-25-16-12-8-7-11-15(16)18-17(13(2)21-20(26)23-18)19(24)22-14-9-5-4-6-10-14/h4-12,18H,3H2,1-2H3,(H,22,24)(H2,21,23,26)/t18-/m1/s1. The first-order chi connectivity index (χ1) is 12.6. The number of benzene rings is 2. The van der Waals surface area contributed by atoms with Crippen molar-refractivity contribution < 1.29 is 9.53 Å². The molecule has 134 valence electrons. The normalized spacial score (nSPS) is 16.5. The second-order valence-corrected chi connectivity index (χ2v) is 6.27. The Hall–Kier alpha value is -2.86. The van der Waals surface area contributed by atoms with Gasteiger partial charge in [-0.3, -0.25) is 4.79 Å². The summed E-state index contributed by atoms with van der Waals surface area (Å²) in [5.41, 5.74) is 2.91. The lowest BCUT2D eigenvalue weighted by Crippen LogP contribution is -2.45. The average molecular weight is 367 g/mol. The molecule has 3 N–H and O–H groups in total. The van der Waals surface area contributed by atoms with Gasteiger partial charge in [-0.2, -0.15) is 0 Å². The summed E-state index contributed by atoms with van der Waals surface area (Å²) in [5, 5.41) is 9.67. The van der Waals surface area contributed by atoms with Crippen molar-refractivity contribution in [3.05, 3.63) is 71.4 Å². The molecule has 0 fully saturated rings. The smallest absolute Gasteiger partial charge is 0.255 e. The van der Waals surface area contributed by atoms with Crippen LogP contribution in [0.25, 0.3) is 0 Å². The minimum Gasteiger partial charge on any atom is -0.494 e. The minimum atomic E-state index is -0.393. The summed E-state index contributed by atoms with van der Waals surface area (Å²) in [6, 6.07) is 16.7. The Balaban J connectivity index is 1.98. The lowest BCUT2D eigenvalue weighted by atomic mass is 9.94. The highest BCUT2D eigenvalue weighted by Gasteiger charge is 2.31. The molecule has 1 heterocycles. The van der Waals surface area contributed by atoms with Crippen LogP contribution in [0.15, 0.2) is 65.9 Å². The van der Waals surface area contributed by atoms with Crippen molar-refractivity contribution in [1.29, 1.82) is 0 Å². The molecule has 1 aliphatic heterocycles. The first-order valence-electron chi connectivity index (χ1n) is 8.46. The number of amides is 1. The van der Waals surface area contributed by atoms with E-state index in [1.165, 1.54) is 0 Å². The maximum atomic E-state index is 13.0. The number of ether oxygens (including phenoxy) is 1. The maximum Gasteiger partial charge on any atom is 0.255 e. The number of thiocarbonyl (C=S) groups is 1. The number of hydrogen-bond donors (Lipinski definition) is 3. The molecular weight excluding hydrogens is 346 g/mol. The number of anilines is 1. The van der Waals surface area contributed by atoms with Gasteiger partial charge in [0, 0.05) is 16.9 Å². The molecule has 0 saturated heterocycles. The molecule has 0 unspecified atom stereocenters. The predicted octanol–water partition coefficient (Wildman–Crippen LogP) is 3.52. The van der Waals surface area contributed by atoms with Crippen LogP contribution < -0.4 is 20.7 Å². The van der Waals surface area contributed by atoms with E-state index >= 15 is 0 Å². The SMILES string of the molecule is CCOc1ccccc1[C@H]1NC(=S)NC(C)=C1C(=O)Nc1ccccc1. The molecule has 6 heteroatoms. The lowest BCUT2D eigenvalue weighted by molar-refractivity contribution is -0.113. The van der Waals surface area contributed by atoms with Crippen LogP contribution >= 0.6 is 12.2 Å². The third-order valence-electron chi connectivity index (χ3n) is 4.08. The molecule has 1 amide bonds. The number of rotatable bonds is 5. The monoisotopic (exact) mass is 367 g/mol. The van der Waals surface area contributed by atoms with Crippen LogP contribution in [0.1, 0.15) is 25.5 Å². The van der Waals surface area contributed by atoms with Crippen molar-refractivity contribution in [3.63, 3.8) is 0 Å². The third kappa shape index (κ3) is 3.86. The molecule has 2 aromatic rings. The highest BCUT2D eigenvalue weighted by atomic mass is 32.1. The van der Waals surface area contributed by atoms with Gasteiger partial charge in [0.15, 0.2) is 5.11 Å². The van der Waals surface area contributed by atoms with Crippen molar-refractivity contribution in [2.24, 2.45) is 0 Å². The van der Waals surface area contributed by atoms with Gasteiger partial charge in [-0.1, -0.05) is 36.4 Å². The van der Waals surface area contributed by atoms with E-state index < -0.39 is 6.04 Å². The Morgan fingerprint density at radius 1 is 1.15 bits per heavy atom. The number of hydrogen-bond acceptors (Lipinski definition) is 3. The Bertz CT molecular complexity index is 849. The predicted molar refractivity (Wildman–Crippen MR) is 107 cm³/mol. The second-order valence-electron chi connectivity index (χ2n) is 5.86. The van der Waals surface area contributed by atoms with E-state index in [1.807, 2.05) is 68.4 Å². The Labute approximate surface area is 158 Å². The van der Waals surface area contributed by atoms with Gasteiger partial charge in [-0.05, 0) is 44.3 Å². The highest BCUT2D eigenvalue weighted by molar-refractivity contribution is 7.80. The number of carbonyl (C=O) groups is 1. The summed E-state index contributed by atoms with van der Waals surface area (Å²) < 4.78 is 5.75. The van der Waals surface area contributed by atoms with Gasteiger partial charge < -0.3 is 20.7 Å². The van der Waals surface area contributed by atoms with Crippen molar-refractivity contribution in [3.8, 4) is 5.75 Å². The van der Waals surface area contributed by atoms with E-state index in [0.717, 1.165) is 22.7 Å². The number of allylic oxidation sites excluding steroid dienone is 1. The maximum absolute atomic E-state index is 13.0. The molecule has 0 spiro atoms. The topological polar surface area (TPSA) is 62.4 Å². The van der Waals surface area contributed by atoms with E-state index in [0.29, 0.717) is 17.3 Å². The fourth-order valence-corrected chi connectivity index (χ4v) is 3.22. The van der Waals surface area contributed by atoms with Gasteiger partial charge in [0.05, 0.1) is 18.2 Å². The summed E-state index contributed by atoms with van der Waals surface area (Å²) in [5.74, 6) is 0.544. The fraction of sp³-hybridized carbons (Fsp3) is 0.200. The Morgan fingerprint density at radius 2 is 1.85 bits per heavy atom. The summed E-state index contributed by atoms with van der Waals surface area (Å²) in [4.78, 5) is 13.0. The molecule has 5 nitrogen and oxygen atoms in total. The summed E-state index contributed by atoms with van der Waals surface area (Å²) in [6.07, 6.45) is 0. The summed E-state index contributed by atoms with van der Waals surface area (Å²) in [6.45, 7) is 4.32. The van der Waals surface area contributed by atoms with Crippen LogP contribution in [0.4, 0.5) is 5.69 Å². The first-order valence-corrected chi connectivity index (χ1v) is 8.87. The van der Waals surface area contributed by atoms with Crippen LogP contribution in [0, 0.1) is 0 Å². The minimum absolute atomic E-state index is 0.187. The van der Waals surface area contributed by atoms with E-state index in [2.05, 4.69) is 16.0 Å². The van der Waals surface area contributed by atoms with Crippen molar-refractivity contribution in [1.82, 2.24) is 10.6 Å². The molecule has 1 atom stereocenters. The van der Waals surface area contributed by atoms with Crippen LogP contribution in [0.3, 0.4) is 0 Å². The van der Waals surface area contributed by atoms with E-state index in [9.17, 15) is 4.79 Å². The Morgan fingerprint density at radius 3 is 2.58 bits per heavy atom. The largest absolute Gasteiger partial charge is 0.494 e. The first kappa shape index (κ1) is 17.9. The lowest BCUT2D eigenvalue weighted by Gasteiger charge is -2.31. The molecule has 0 aliphatic carbocycles. The van der Waals surface area contributed by atoms with E-state index in [4.69, 9.17) is 17.0 Å². The van der Waals surface area contributed by atoms with Crippen LogP contribution in [-0.4, -0.2) is 17.6 Å². The van der Waals surface area contributed by atoms with Crippen LogP contribution in [0.5, 0.6) is 5.75 Å². The molecule has 26 heavy (non-hydrogen) atoms. The van der Waals surface area contributed by atoms with Crippen LogP contribution in [0.2, 0.25) is 0 Å². The fourth-order valence-electron chi connectivity index (χ4n) is 2.95. The van der Waals surface area contributed by atoms with Crippen molar-refractivity contribution in [2.45, 2.75) is 19.9 Å². The average Bonchev–Trinajstić information content (AvgIpc) is 2.62. The van der Waals surface area contributed by atoms with Crippen LogP contribution in [-0.2, 0) is 4.79 Å². The van der Waals surface area contributed by atoms with Gasteiger partial charge in [-0.25, -0.2) is 0 Å². The quantitative estimate of drug-likeness (QED) is 0.706. The third-order valence-corrected chi connectivity index (χ3v) is 4.30. The van der Waals surface area contributed by atoms with Gasteiger partial charge in [-0.15, -0.1) is 0 Å². The molecule has 0 aromatic heterocycles. The molecule has 3 rings (SSSR count). The zero-order valence-electron chi connectivity index (χ0n) is 14.7. The van der Waals surface area contributed by atoms with Crippen molar-refractivity contribution >= 4 is 28.9 Å². The van der Waals surface area contributed by atoms with Gasteiger partial charge in [0.1, 0.15) is 5.75 Å². The number of carbonyl (C=O) groups excluding carboxylic acids is 1. The molecular formula is C20H21N3O2S. The number of nitrogens with one attached hydrogen (secondary N) is 3. The zero-order valence-corrected chi connectivity index (χ0v) is 15.5. The molecule has 2 aromatic carbocycles. The van der Waals surface area contributed by atoms with Crippen molar-refractivity contribution in [2.75, 3.05) is 11.9 Å².